The number of piperidine rings is 1. The number of carbonyl (C=O) groups is 1. The minimum absolute atomic E-state index is 0.201. The molecule has 1 heterocycles. The standard InChI is InChI=1S/C13H21NO3/c1-10-3-6-14(7-4-10)13(15)5-8-17-12-9-11(12)16-2/h11-12H,1,3-9H2,2H3. The fourth-order valence-electron chi connectivity index (χ4n) is 2.10. The van der Waals surface area contributed by atoms with Gasteiger partial charge in [0.15, 0.2) is 0 Å². The average molecular weight is 239 g/mol. The van der Waals surface area contributed by atoms with E-state index in [2.05, 4.69) is 6.58 Å². The fraction of sp³-hybridized carbons (Fsp3) is 0.769. The maximum absolute atomic E-state index is 11.8. The molecule has 1 aliphatic heterocycles. The Morgan fingerprint density at radius 3 is 2.71 bits per heavy atom. The van der Waals surface area contributed by atoms with Crippen molar-refractivity contribution in [2.45, 2.75) is 37.9 Å². The van der Waals surface area contributed by atoms with Gasteiger partial charge in [0.25, 0.3) is 0 Å². The van der Waals surface area contributed by atoms with Gasteiger partial charge in [0, 0.05) is 26.6 Å². The van der Waals surface area contributed by atoms with Gasteiger partial charge in [-0.3, -0.25) is 4.79 Å². The minimum Gasteiger partial charge on any atom is -0.379 e. The first-order valence-corrected chi connectivity index (χ1v) is 6.29. The van der Waals surface area contributed by atoms with E-state index >= 15 is 0 Å². The first-order chi connectivity index (χ1) is 8.20. The van der Waals surface area contributed by atoms with Crippen molar-refractivity contribution in [1.82, 2.24) is 4.90 Å². The molecular weight excluding hydrogens is 218 g/mol. The lowest BCUT2D eigenvalue weighted by Gasteiger charge is -2.28. The number of hydrogen-bond donors (Lipinski definition) is 0. The Labute approximate surface area is 103 Å². The molecule has 0 aromatic carbocycles. The summed E-state index contributed by atoms with van der Waals surface area (Å²) in [5.74, 6) is 0.201. The van der Waals surface area contributed by atoms with Crippen LogP contribution in [0.1, 0.15) is 25.7 Å². The normalized spacial score (nSPS) is 28.3. The van der Waals surface area contributed by atoms with Gasteiger partial charge in [-0.1, -0.05) is 12.2 Å². The van der Waals surface area contributed by atoms with Crippen LogP contribution >= 0.6 is 0 Å². The molecule has 0 N–H and O–H groups in total. The minimum atomic E-state index is 0.201. The van der Waals surface area contributed by atoms with Crippen LogP contribution in [0.2, 0.25) is 0 Å². The van der Waals surface area contributed by atoms with E-state index in [1.165, 1.54) is 5.57 Å². The van der Waals surface area contributed by atoms with Gasteiger partial charge >= 0.3 is 0 Å². The molecule has 17 heavy (non-hydrogen) atoms. The quantitative estimate of drug-likeness (QED) is 0.680. The van der Waals surface area contributed by atoms with Gasteiger partial charge in [0.2, 0.25) is 5.91 Å². The number of hydrogen-bond acceptors (Lipinski definition) is 3. The smallest absolute Gasteiger partial charge is 0.224 e. The number of amides is 1. The molecule has 0 spiro atoms. The first kappa shape index (κ1) is 12.6. The zero-order chi connectivity index (χ0) is 12.3. The zero-order valence-electron chi connectivity index (χ0n) is 10.5. The second-order valence-electron chi connectivity index (χ2n) is 4.80. The number of nitrogens with zero attached hydrogens (tertiary/aromatic N) is 1. The van der Waals surface area contributed by atoms with Crippen molar-refractivity contribution < 1.29 is 14.3 Å². The molecule has 0 aromatic heterocycles. The van der Waals surface area contributed by atoms with Crippen LogP contribution in [0.4, 0.5) is 0 Å². The third-order valence-corrected chi connectivity index (χ3v) is 3.45. The SMILES string of the molecule is C=C1CCN(C(=O)CCOC2CC2OC)CC1. The number of carbonyl (C=O) groups excluding carboxylic acids is 1. The third-order valence-electron chi connectivity index (χ3n) is 3.45. The molecule has 0 aromatic rings. The zero-order valence-corrected chi connectivity index (χ0v) is 10.5. The van der Waals surface area contributed by atoms with Crippen molar-refractivity contribution in [1.29, 1.82) is 0 Å². The lowest BCUT2D eigenvalue weighted by molar-refractivity contribution is -0.133. The van der Waals surface area contributed by atoms with Crippen LogP contribution in [0.15, 0.2) is 12.2 Å². The van der Waals surface area contributed by atoms with E-state index in [4.69, 9.17) is 9.47 Å². The molecule has 2 unspecified atom stereocenters. The Morgan fingerprint density at radius 1 is 1.41 bits per heavy atom. The fourth-order valence-corrected chi connectivity index (χ4v) is 2.10. The molecule has 2 rings (SSSR count). The van der Waals surface area contributed by atoms with Crippen LogP contribution in [0.5, 0.6) is 0 Å². The van der Waals surface area contributed by atoms with E-state index in [0.717, 1.165) is 32.4 Å². The Balaban J connectivity index is 1.59. The summed E-state index contributed by atoms with van der Waals surface area (Å²) in [6.07, 6.45) is 3.81. The van der Waals surface area contributed by atoms with Crippen molar-refractivity contribution >= 4 is 5.91 Å². The van der Waals surface area contributed by atoms with E-state index in [0.29, 0.717) is 13.0 Å². The summed E-state index contributed by atoms with van der Waals surface area (Å²) >= 11 is 0. The Morgan fingerprint density at radius 2 is 2.12 bits per heavy atom. The Kier molecular flexibility index (Phi) is 4.18. The van der Waals surface area contributed by atoms with E-state index in [-0.39, 0.29) is 18.1 Å². The highest BCUT2D eigenvalue weighted by atomic mass is 16.6. The topological polar surface area (TPSA) is 38.8 Å². The van der Waals surface area contributed by atoms with Crippen LogP contribution < -0.4 is 0 Å². The summed E-state index contributed by atoms with van der Waals surface area (Å²) in [4.78, 5) is 13.8. The molecular formula is C13H21NO3. The second-order valence-corrected chi connectivity index (χ2v) is 4.80. The summed E-state index contributed by atoms with van der Waals surface area (Å²) < 4.78 is 10.7. The molecule has 1 amide bonds. The highest BCUT2D eigenvalue weighted by molar-refractivity contribution is 5.76. The van der Waals surface area contributed by atoms with Crippen molar-refractivity contribution in [3.05, 3.63) is 12.2 Å². The number of methoxy groups -OCH3 is 1. The maximum Gasteiger partial charge on any atom is 0.224 e. The average Bonchev–Trinajstić information content (AvgIpc) is 3.08. The summed E-state index contributed by atoms with van der Waals surface area (Å²) in [7, 11) is 1.69. The largest absolute Gasteiger partial charge is 0.379 e. The molecule has 1 saturated carbocycles. The van der Waals surface area contributed by atoms with Gasteiger partial charge in [-0.2, -0.15) is 0 Å². The number of likely N-dealkylation sites (tertiary alicyclic amines) is 1. The number of rotatable bonds is 5. The molecule has 4 heteroatoms. The molecule has 2 fully saturated rings. The Bertz CT molecular complexity index is 293. The highest BCUT2D eigenvalue weighted by Crippen LogP contribution is 2.28. The van der Waals surface area contributed by atoms with Crippen LogP contribution in [-0.2, 0) is 14.3 Å². The van der Waals surface area contributed by atoms with Gasteiger partial charge in [-0.15, -0.1) is 0 Å². The highest BCUT2D eigenvalue weighted by Gasteiger charge is 2.38. The maximum atomic E-state index is 11.8. The second kappa shape index (κ2) is 5.65. The first-order valence-electron chi connectivity index (χ1n) is 6.29. The van der Waals surface area contributed by atoms with Crippen LogP contribution in [0.25, 0.3) is 0 Å². The summed E-state index contributed by atoms with van der Waals surface area (Å²) in [5, 5.41) is 0. The van der Waals surface area contributed by atoms with Crippen molar-refractivity contribution in [3.63, 3.8) is 0 Å². The predicted octanol–water partition coefficient (Wildman–Crippen LogP) is 1.36. The molecule has 1 saturated heterocycles. The third kappa shape index (κ3) is 3.54. The molecule has 2 aliphatic rings. The van der Waals surface area contributed by atoms with E-state index in [1.54, 1.807) is 7.11 Å². The molecule has 96 valence electrons. The molecule has 0 radical (unpaired) electrons. The van der Waals surface area contributed by atoms with Gasteiger partial charge in [0.1, 0.15) is 0 Å². The summed E-state index contributed by atoms with van der Waals surface area (Å²) in [6.45, 7) is 6.10. The lowest BCUT2D eigenvalue weighted by atomic mass is 10.1. The van der Waals surface area contributed by atoms with E-state index in [9.17, 15) is 4.79 Å². The molecule has 0 bridgehead atoms. The van der Waals surface area contributed by atoms with Crippen LogP contribution in [0, 0.1) is 0 Å². The van der Waals surface area contributed by atoms with Crippen LogP contribution in [0.3, 0.4) is 0 Å². The van der Waals surface area contributed by atoms with Gasteiger partial charge in [0.05, 0.1) is 25.2 Å². The predicted molar refractivity (Wildman–Crippen MR) is 64.7 cm³/mol. The molecule has 4 nitrogen and oxygen atoms in total. The van der Waals surface area contributed by atoms with Crippen LogP contribution in [-0.4, -0.2) is 49.8 Å². The summed E-state index contributed by atoms with van der Waals surface area (Å²) in [6, 6.07) is 0. The molecule has 1 aliphatic carbocycles. The summed E-state index contributed by atoms with van der Waals surface area (Å²) in [5.41, 5.74) is 1.26. The van der Waals surface area contributed by atoms with Crippen molar-refractivity contribution in [3.8, 4) is 0 Å². The van der Waals surface area contributed by atoms with Gasteiger partial charge in [-0.25, -0.2) is 0 Å². The van der Waals surface area contributed by atoms with E-state index in [1.807, 2.05) is 4.90 Å². The van der Waals surface area contributed by atoms with E-state index < -0.39 is 0 Å². The number of ether oxygens (including phenoxy) is 2. The lowest BCUT2D eigenvalue weighted by Crippen LogP contribution is -2.36. The monoisotopic (exact) mass is 239 g/mol. The van der Waals surface area contributed by atoms with Gasteiger partial charge < -0.3 is 14.4 Å². The van der Waals surface area contributed by atoms with Gasteiger partial charge in [-0.05, 0) is 12.8 Å². The Hall–Kier alpha value is -0.870. The molecule has 2 atom stereocenters. The van der Waals surface area contributed by atoms with Crippen molar-refractivity contribution in [2.24, 2.45) is 0 Å². The van der Waals surface area contributed by atoms with Crippen molar-refractivity contribution in [2.75, 3.05) is 26.8 Å².